The number of cyclic esters (lactones) is 1. The maximum absolute atomic E-state index is 12.3. The molecule has 0 aromatic carbocycles. The van der Waals surface area contributed by atoms with E-state index < -0.39 is 11.0 Å². The quantitative estimate of drug-likeness (QED) is 0.720. The molecule has 1 saturated heterocycles. The first-order valence-corrected chi connectivity index (χ1v) is 7.14. The number of ether oxygens (including phenoxy) is 2. The van der Waals surface area contributed by atoms with Gasteiger partial charge in [0.2, 0.25) is 0 Å². The molecule has 1 aliphatic rings. The van der Waals surface area contributed by atoms with Gasteiger partial charge in [0.1, 0.15) is 5.60 Å². The fraction of sp³-hybridized carbons (Fsp3) is 0.867. The van der Waals surface area contributed by atoms with Crippen molar-refractivity contribution in [2.45, 2.75) is 65.9 Å². The summed E-state index contributed by atoms with van der Waals surface area (Å²) in [7, 11) is 0. The van der Waals surface area contributed by atoms with Crippen LogP contribution in [0.5, 0.6) is 0 Å². The molecule has 0 aliphatic carbocycles. The Balaban J connectivity index is 2.80. The van der Waals surface area contributed by atoms with Gasteiger partial charge in [-0.3, -0.25) is 9.59 Å². The minimum atomic E-state index is -0.580. The third kappa shape index (κ3) is 3.71. The minimum absolute atomic E-state index is 0.0513. The average Bonchev–Trinajstić information content (AvgIpc) is 2.38. The first kappa shape index (κ1) is 16.0. The number of esters is 2. The Bertz CT molecular complexity index is 348. The van der Waals surface area contributed by atoms with Gasteiger partial charge >= 0.3 is 11.9 Å². The van der Waals surface area contributed by atoms with Crippen LogP contribution in [-0.2, 0) is 19.1 Å². The predicted molar refractivity (Wildman–Crippen MR) is 72.5 cm³/mol. The van der Waals surface area contributed by atoms with E-state index in [0.717, 1.165) is 12.8 Å². The number of hydrogen-bond donors (Lipinski definition) is 0. The molecule has 4 heteroatoms. The molecule has 0 radical (unpaired) electrons. The normalized spacial score (nSPS) is 23.4. The van der Waals surface area contributed by atoms with Gasteiger partial charge in [-0.15, -0.1) is 0 Å². The van der Waals surface area contributed by atoms with Crippen LogP contribution in [-0.4, -0.2) is 24.1 Å². The van der Waals surface area contributed by atoms with Crippen LogP contribution in [0.15, 0.2) is 0 Å². The van der Waals surface area contributed by atoms with Crippen molar-refractivity contribution in [1.82, 2.24) is 0 Å². The van der Waals surface area contributed by atoms with Gasteiger partial charge in [-0.05, 0) is 40.0 Å². The number of carbonyl (C=O) groups is 2. The summed E-state index contributed by atoms with van der Waals surface area (Å²) < 4.78 is 10.7. The van der Waals surface area contributed by atoms with Crippen molar-refractivity contribution in [3.63, 3.8) is 0 Å². The summed E-state index contributed by atoms with van der Waals surface area (Å²) in [5.74, 6) is -0.324. The molecule has 2 atom stereocenters. The molecular formula is C15H26O4. The molecule has 19 heavy (non-hydrogen) atoms. The Labute approximate surface area is 115 Å². The Morgan fingerprint density at radius 2 is 1.95 bits per heavy atom. The first-order valence-electron chi connectivity index (χ1n) is 7.14. The van der Waals surface area contributed by atoms with Crippen LogP contribution in [0.25, 0.3) is 0 Å². The zero-order valence-electron chi connectivity index (χ0n) is 12.7. The van der Waals surface area contributed by atoms with Crippen LogP contribution in [0.3, 0.4) is 0 Å². The van der Waals surface area contributed by atoms with Crippen molar-refractivity contribution in [1.29, 1.82) is 0 Å². The summed E-state index contributed by atoms with van der Waals surface area (Å²) in [4.78, 5) is 23.7. The van der Waals surface area contributed by atoms with Gasteiger partial charge in [0.05, 0.1) is 18.4 Å². The first-order chi connectivity index (χ1) is 8.75. The minimum Gasteiger partial charge on any atom is -0.466 e. The molecule has 0 N–H and O–H groups in total. The van der Waals surface area contributed by atoms with Crippen molar-refractivity contribution < 1.29 is 19.1 Å². The largest absolute Gasteiger partial charge is 0.466 e. The Kier molecular flexibility index (Phi) is 4.99. The monoisotopic (exact) mass is 270 g/mol. The summed E-state index contributed by atoms with van der Waals surface area (Å²) in [5, 5.41) is 0. The van der Waals surface area contributed by atoms with E-state index in [1.165, 1.54) is 0 Å². The van der Waals surface area contributed by atoms with Crippen molar-refractivity contribution >= 4 is 11.9 Å². The molecule has 1 fully saturated rings. The van der Waals surface area contributed by atoms with Crippen LogP contribution in [0.2, 0.25) is 0 Å². The highest BCUT2D eigenvalue weighted by molar-refractivity contribution is 5.76. The molecule has 110 valence electrons. The van der Waals surface area contributed by atoms with Gasteiger partial charge < -0.3 is 9.47 Å². The van der Waals surface area contributed by atoms with E-state index >= 15 is 0 Å². The second kappa shape index (κ2) is 5.93. The highest BCUT2D eigenvalue weighted by Gasteiger charge is 2.42. The van der Waals surface area contributed by atoms with Crippen molar-refractivity contribution in [3.05, 3.63) is 0 Å². The summed E-state index contributed by atoms with van der Waals surface area (Å²) >= 11 is 0. The summed E-state index contributed by atoms with van der Waals surface area (Å²) in [5.41, 5.74) is -1.06. The van der Waals surface area contributed by atoms with Gasteiger partial charge in [0.25, 0.3) is 0 Å². The molecule has 1 rings (SSSR count). The molecular weight excluding hydrogens is 244 g/mol. The van der Waals surface area contributed by atoms with E-state index in [1.807, 2.05) is 34.6 Å². The fourth-order valence-electron chi connectivity index (χ4n) is 2.14. The van der Waals surface area contributed by atoms with Crippen molar-refractivity contribution in [2.24, 2.45) is 11.3 Å². The lowest BCUT2D eigenvalue weighted by Gasteiger charge is -2.39. The van der Waals surface area contributed by atoms with E-state index in [2.05, 4.69) is 0 Å². The second-order valence-electron chi connectivity index (χ2n) is 6.20. The molecule has 0 saturated carbocycles. The number of carbonyl (C=O) groups excluding carboxylic acids is 2. The number of hydrogen-bond acceptors (Lipinski definition) is 4. The fourth-order valence-corrected chi connectivity index (χ4v) is 2.14. The maximum atomic E-state index is 12.3. The van der Waals surface area contributed by atoms with E-state index in [9.17, 15) is 9.59 Å². The van der Waals surface area contributed by atoms with Crippen molar-refractivity contribution in [2.75, 3.05) is 6.61 Å². The molecule has 1 heterocycles. The molecule has 2 unspecified atom stereocenters. The van der Waals surface area contributed by atoms with Gasteiger partial charge in [0, 0.05) is 5.92 Å². The molecule has 0 spiro atoms. The Morgan fingerprint density at radius 1 is 1.32 bits per heavy atom. The molecule has 0 aromatic heterocycles. The summed E-state index contributed by atoms with van der Waals surface area (Å²) in [6.07, 6.45) is 2.54. The SMILES string of the molecule is CCC(C)(C)C(=O)OC(C)(CC)C1CCOC(=O)C1. The highest BCUT2D eigenvalue weighted by atomic mass is 16.6. The molecule has 0 amide bonds. The van der Waals surface area contributed by atoms with Crippen LogP contribution in [0, 0.1) is 11.3 Å². The zero-order valence-corrected chi connectivity index (χ0v) is 12.7. The van der Waals surface area contributed by atoms with Gasteiger partial charge in [-0.2, -0.15) is 0 Å². The third-order valence-corrected chi connectivity index (χ3v) is 4.47. The van der Waals surface area contributed by atoms with E-state index in [1.54, 1.807) is 0 Å². The lowest BCUT2D eigenvalue weighted by atomic mass is 9.80. The van der Waals surface area contributed by atoms with Gasteiger partial charge in [-0.25, -0.2) is 0 Å². The standard InChI is InChI=1S/C15H26O4/c1-6-14(3,4)13(17)19-15(5,7-2)11-8-9-18-12(16)10-11/h11H,6-10H2,1-5H3. The lowest BCUT2D eigenvalue weighted by Crippen LogP contribution is -2.45. The molecule has 1 aliphatic heterocycles. The second-order valence-corrected chi connectivity index (χ2v) is 6.20. The van der Waals surface area contributed by atoms with E-state index in [0.29, 0.717) is 19.4 Å². The zero-order chi connectivity index (χ0) is 14.7. The van der Waals surface area contributed by atoms with Crippen molar-refractivity contribution in [3.8, 4) is 0 Å². The average molecular weight is 270 g/mol. The Hall–Kier alpha value is -1.06. The maximum Gasteiger partial charge on any atom is 0.312 e. The van der Waals surface area contributed by atoms with Gasteiger partial charge in [0.15, 0.2) is 0 Å². The molecule has 0 bridgehead atoms. The smallest absolute Gasteiger partial charge is 0.312 e. The third-order valence-electron chi connectivity index (χ3n) is 4.47. The van der Waals surface area contributed by atoms with E-state index in [4.69, 9.17) is 9.47 Å². The van der Waals surface area contributed by atoms with Gasteiger partial charge in [-0.1, -0.05) is 13.8 Å². The van der Waals surface area contributed by atoms with Crippen LogP contribution in [0.1, 0.15) is 60.3 Å². The predicted octanol–water partition coefficient (Wildman–Crippen LogP) is 3.09. The summed E-state index contributed by atoms with van der Waals surface area (Å²) in [6.45, 7) is 10.1. The Morgan fingerprint density at radius 3 is 2.42 bits per heavy atom. The van der Waals surface area contributed by atoms with Crippen LogP contribution >= 0.6 is 0 Å². The van der Waals surface area contributed by atoms with Crippen LogP contribution < -0.4 is 0 Å². The molecule has 4 nitrogen and oxygen atoms in total. The van der Waals surface area contributed by atoms with E-state index in [-0.39, 0.29) is 17.9 Å². The molecule has 0 aromatic rings. The topological polar surface area (TPSA) is 52.6 Å². The van der Waals surface area contributed by atoms with Crippen LogP contribution in [0.4, 0.5) is 0 Å². The lowest BCUT2D eigenvalue weighted by molar-refractivity contribution is -0.182. The highest BCUT2D eigenvalue weighted by Crippen LogP contribution is 2.36. The number of rotatable bonds is 5. The summed E-state index contributed by atoms with van der Waals surface area (Å²) in [6, 6.07) is 0.